The fourth-order valence-electron chi connectivity index (χ4n) is 2.70. The maximum absolute atomic E-state index is 4.28. The topological polar surface area (TPSA) is 33.1 Å². The molecule has 0 amide bonds. The molecular formula is C16H22N4. The Balaban J connectivity index is 1.68. The third kappa shape index (κ3) is 2.64. The Morgan fingerprint density at radius 3 is 2.75 bits per heavy atom. The van der Waals surface area contributed by atoms with Crippen LogP contribution in [0.4, 0.5) is 11.4 Å². The highest BCUT2D eigenvalue weighted by Gasteiger charge is 2.12. The molecule has 106 valence electrons. The van der Waals surface area contributed by atoms with E-state index in [2.05, 4.69) is 46.5 Å². The van der Waals surface area contributed by atoms with Crippen molar-refractivity contribution in [3.63, 3.8) is 0 Å². The minimum atomic E-state index is 0.823. The molecule has 1 aliphatic rings. The SMILES string of the molecule is Cc1c(CNc2cccc(N3CCCC3)c2)cnn1C. The average Bonchev–Trinajstić information content (AvgIpc) is 3.10. The second-order valence-corrected chi connectivity index (χ2v) is 5.48. The van der Waals surface area contributed by atoms with Crippen molar-refractivity contribution in [1.29, 1.82) is 0 Å². The number of nitrogens with zero attached hydrogens (tertiary/aromatic N) is 3. The van der Waals surface area contributed by atoms with Crippen molar-refractivity contribution in [2.75, 3.05) is 23.3 Å². The van der Waals surface area contributed by atoms with Crippen molar-refractivity contribution in [2.24, 2.45) is 7.05 Å². The molecule has 0 aliphatic carbocycles. The Morgan fingerprint density at radius 1 is 1.25 bits per heavy atom. The van der Waals surface area contributed by atoms with Crippen LogP contribution in [0.5, 0.6) is 0 Å². The third-order valence-corrected chi connectivity index (χ3v) is 4.14. The molecule has 0 radical (unpaired) electrons. The van der Waals surface area contributed by atoms with Crippen LogP contribution in [0.15, 0.2) is 30.5 Å². The van der Waals surface area contributed by atoms with Gasteiger partial charge in [0.25, 0.3) is 0 Å². The van der Waals surface area contributed by atoms with Gasteiger partial charge in [0.2, 0.25) is 0 Å². The van der Waals surface area contributed by atoms with Crippen molar-refractivity contribution < 1.29 is 0 Å². The standard InChI is InChI=1S/C16H22N4/c1-13-14(12-18-19(13)2)11-17-15-6-5-7-16(10-15)20-8-3-4-9-20/h5-7,10,12,17H,3-4,8-9,11H2,1-2H3. The summed E-state index contributed by atoms with van der Waals surface area (Å²) in [6.45, 7) is 5.30. The van der Waals surface area contributed by atoms with Crippen molar-refractivity contribution in [1.82, 2.24) is 9.78 Å². The lowest BCUT2D eigenvalue weighted by Gasteiger charge is -2.18. The van der Waals surface area contributed by atoms with E-state index in [0.29, 0.717) is 0 Å². The van der Waals surface area contributed by atoms with E-state index in [9.17, 15) is 0 Å². The summed E-state index contributed by atoms with van der Waals surface area (Å²) in [5.74, 6) is 0. The molecule has 3 rings (SSSR count). The van der Waals surface area contributed by atoms with E-state index in [1.807, 2.05) is 17.9 Å². The lowest BCUT2D eigenvalue weighted by molar-refractivity contribution is 0.738. The van der Waals surface area contributed by atoms with Crippen LogP contribution in [0.2, 0.25) is 0 Å². The van der Waals surface area contributed by atoms with Crippen LogP contribution >= 0.6 is 0 Å². The summed E-state index contributed by atoms with van der Waals surface area (Å²) >= 11 is 0. The number of hydrogen-bond donors (Lipinski definition) is 1. The average molecular weight is 270 g/mol. The van der Waals surface area contributed by atoms with Crippen LogP contribution in [0, 0.1) is 6.92 Å². The van der Waals surface area contributed by atoms with E-state index < -0.39 is 0 Å². The molecule has 2 heterocycles. The lowest BCUT2D eigenvalue weighted by Crippen LogP contribution is -2.17. The zero-order chi connectivity index (χ0) is 13.9. The summed E-state index contributed by atoms with van der Waals surface area (Å²) in [5.41, 5.74) is 4.97. The monoisotopic (exact) mass is 270 g/mol. The van der Waals surface area contributed by atoms with E-state index in [4.69, 9.17) is 0 Å². The molecular weight excluding hydrogens is 248 g/mol. The highest BCUT2D eigenvalue weighted by atomic mass is 15.3. The maximum atomic E-state index is 4.28. The number of aromatic nitrogens is 2. The molecule has 1 aliphatic heterocycles. The van der Waals surface area contributed by atoms with E-state index in [-0.39, 0.29) is 0 Å². The van der Waals surface area contributed by atoms with Crippen LogP contribution in [-0.2, 0) is 13.6 Å². The van der Waals surface area contributed by atoms with Gasteiger partial charge in [-0.15, -0.1) is 0 Å². The number of nitrogens with one attached hydrogen (secondary N) is 1. The molecule has 0 spiro atoms. The van der Waals surface area contributed by atoms with Crippen LogP contribution in [0.25, 0.3) is 0 Å². The first-order valence-corrected chi connectivity index (χ1v) is 7.30. The first-order valence-electron chi connectivity index (χ1n) is 7.30. The van der Waals surface area contributed by atoms with Crippen molar-refractivity contribution in [2.45, 2.75) is 26.3 Å². The van der Waals surface area contributed by atoms with Gasteiger partial charge in [-0.05, 0) is 38.0 Å². The van der Waals surface area contributed by atoms with E-state index in [0.717, 1.165) is 6.54 Å². The van der Waals surface area contributed by atoms with Gasteiger partial charge in [-0.2, -0.15) is 5.10 Å². The maximum Gasteiger partial charge on any atom is 0.0542 e. The van der Waals surface area contributed by atoms with Crippen molar-refractivity contribution in [3.8, 4) is 0 Å². The predicted octanol–water partition coefficient (Wildman–Crippen LogP) is 2.94. The smallest absolute Gasteiger partial charge is 0.0542 e. The van der Waals surface area contributed by atoms with Gasteiger partial charge in [0.05, 0.1) is 6.20 Å². The normalized spacial score (nSPS) is 14.8. The second kappa shape index (κ2) is 5.57. The molecule has 0 atom stereocenters. The fraction of sp³-hybridized carbons (Fsp3) is 0.438. The van der Waals surface area contributed by atoms with Gasteiger partial charge in [-0.25, -0.2) is 0 Å². The Morgan fingerprint density at radius 2 is 2.05 bits per heavy atom. The van der Waals surface area contributed by atoms with Crippen LogP contribution in [0.1, 0.15) is 24.1 Å². The highest BCUT2D eigenvalue weighted by molar-refractivity contribution is 5.58. The quantitative estimate of drug-likeness (QED) is 0.927. The zero-order valence-corrected chi connectivity index (χ0v) is 12.3. The number of rotatable bonds is 4. The second-order valence-electron chi connectivity index (χ2n) is 5.48. The molecule has 1 saturated heterocycles. The van der Waals surface area contributed by atoms with E-state index in [1.54, 1.807) is 0 Å². The van der Waals surface area contributed by atoms with Crippen LogP contribution in [-0.4, -0.2) is 22.9 Å². The molecule has 0 unspecified atom stereocenters. The predicted molar refractivity (Wildman–Crippen MR) is 83.2 cm³/mol. The minimum absolute atomic E-state index is 0.823. The van der Waals surface area contributed by atoms with Crippen LogP contribution < -0.4 is 10.2 Å². The molecule has 0 saturated carbocycles. The third-order valence-electron chi connectivity index (χ3n) is 4.14. The van der Waals surface area contributed by atoms with Gasteiger partial charge in [0.1, 0.15) is 0 Å². The van der Waals surface area contributed by atoms with Gasteiger partial charge in [-0.3, -0.25) is 4.68 Å². The molecule has 4 nitrogen and oxygen atoms in total. The molecule has 1 fully saturated rings. The molecule has 20 heavy (non-hydrogen) atoms. The summed E-state index contributed by atoms with van der Waals surface area (Å²) in [6.07, 6.45) is 4.56. The Kier molecular flexibility index (Phi) is 3.63. The van der Waals surface area contributed by atoms with Gasteiger partial charge >= 0.3 is 0 Å². The minimum Gasteiger partial charge on any atom is -0.381 e. The number of hydrogen-bond acceptors (Lipinski definition) is 3. The first-order chi connectivity index (χ1) is 9.74. The molecule has 4 heteroatoms. The lowest BCUT2D eigenvalue weighted by atomic mass is 10.2. The Labute approximate surface area is 120 Å². The number of aryl methyl sites for hydroxylation is 1. The molecule has 0 bridgehead atoms. The summed E-state index contributed by atoms with van der Waals surface area (Å²) in [5, 5.41) is 7.78. The molecule has 1 aromatic carbocycles. The Hall–Kier alpha value is -1.97. The number of benzene rings is 1. The summed E-state index contributed by atoms with van der Waals surface area (Å²) < 4.78 is 1.91. The van der Waals surface area contributed by atoms with Crippen LogP contribution in [0.3, 0.4) is 0 Å². The summed E-state index contributed by atoms with van der Waals surface area (Å²) in [6, 6.07) is 8.71. The highest BCUT2D eigenvalue weighted by Crippen LogP contribution is 2.23. The van der Waals surface area contributed by atoms with E-state index in [1.165, 1.54) is 48.6 Å². The van der Waals surface area contributed by atoms with Gasteiger partial charge in [-0.1, -0.05) is 6.07 Å². The molecule has 1 aromatic heterocycles. The summed E-state index contributed by atoms with van der Waals surface area (Å²) in [4.78, 5) is 2.46. The number of anilines is 2. The van der Waals surface area contributed by atoms with Crippen molar-refractivity contribution in [3.05, 3.63) is 41.7 Å². The van der Waals surface area contributed by atoms with Gasteiger partial charge < -0.3 is 10.2 Å². The first kappa shape index (κ1) is 13.0. The van der Waals surface area contributed by atoms with Gasteiger partial charge in [0.15, 0.2) is 0 Å². The Bertz CT molecular complexity index is 582. The largest absolute Gasteiger partial charge is 0.381 e. The fourth-order valence-corrected chi connectivity index (χ4v) is 2.70. The molecule has 2 aromatic rings. The van der Waals surface area contributed by atoms with E-state index >= 15 is 0 Å². The zero-order valence-electron chi connectivity index (χ0n) is 12.3. The molecule has 1 N–H and O–H groups in total. The van der Waals surface area contributed by atoms with Gasteiger partial charge in [0, 0.05) is 49.3 Å². The van der Waals surface area contributed by atoms with Crippen molar-refractivity contribution >= 4 is 11.4 Å². The summed E-state index contributed by atoms with van der Waals surface area (Å²) in [7, 11) is 1.98.